The molecule has 0 spiro atoms. The van der Waals surface area contributed by atoms with Gasteiger partial charge in [-0.25, -0.2) is 22.2 Å². The van der Waals surface area contributed by atoms with Gasteiger partial charge < -0.3 is 10.4 Å². The average Bonchev–Trinajstić information content (AvgIpc) is 3.61. The van der Waals surface area contributed by atoms with Gasteiger partial charge in [-0.2, -0.15) is 32.1 Å². The number of fused-ring (bicyclic) bond motifs is 4. The second-order valence-corrected chi connectivity index (χ2v) is 16.2. The van der Waals surface area contributed by atoms with Gasteiger partial charge in [0.2, 0.25) is 15.9 Å². The molecule has 1 unspecified atom stereocenters. The van der Waals surface area contributed by atoms with E-state index in [9.17, 15) is 40.3 Å². The number of anilines is 1. The monoisotopic (exact) mass is 803 g/mol. The lowest BCUT2D eigenvalue weighted by Gasteiger charge is -2.23. The maximum Gasteiger partial charge on any atom is 0.435 e. The first kappa shape index (κ1) is 38.8. The summed E-state index contributed by atoms with van der Waals surface area (Å²) in [7, 11) is -2.23. The lowest BCUT2D eigenvalue weighted by atomic mass is 9.93. The number of nitrogens with zero attached hydrogens (tertiary/aromatic N) is 5. The van der Waals surface area contributed by atoms with Crippen LogP contribution in [0.4, 0.5) is 36.6 Å². The molecule has 0 saturated heterocycles. The number of carbonyl (C=O) groups excluding carboxylic acids is 1. The smallest absolute Gasteiger partial charge is 0.378 e. The summed E-state index contributed by atoms with van der Waals surface area (Å²) in [6, 6.07) is 9.12. The van der Waals surface area contributed by atoms with Crippen molar-refractivity contribution in [2.24, 2.45) is 13.0 Å². The zero-order valence-corrected chi connectivity index (χ0v) is 30.8. The van der Waals surface area contributed by atoms with E-state index in [0.717, 1.165) is 18.4 Å². The molecule has 2 aliphatic carbocycles. The predicted octanol–water partition coefficient (Wildman–Crippen LogP) is 5.93. The van der Waals surface area contributed by atoms with Crippen molar-refractivity contribution < 1.29 is 49.1 Å². The zero-order chi connectivity index (χ0) is 40.7. The molecule has 3 atom stereocenters. The molecule has 7 rings (SSSR count). The van der Waals surface area contributed by atoms with Crippen molar-refractivity contribution in [3.8, 4) is 23.0 Å². The minimum absolute atomic E-state index is 0.00476. The van der Waals surface area contributed by atoms with Gasteiger partial charge in [0, 0.05) is 41.1 Å². The van der Waals surface area contributed by atoms with Gasteiger partial charge in [0.15, 0.2) is 11.5 Å². The topological polar surface area (TPSA) is 144 Å². The van der Waals surface area contributed by atoms with Gasteiger partial charge in [-0.1, -0.05) is 18.1 Å². The van der Waals surface area contributed by atoms with Gasteiger partial charge in [0.05, 0.1) is 23.5 Å². The molecule has 2 aromatic carbocycles. The molecule has 1 amide bonds. The second kappa shape index (κ2) is 13.3. The number of sulfonamides is 1. The second-order valence-electron chi connectivity index (χ2n) is 14.4. The van der Waals surface area contributed by atoms with Crippen molar-refractivity contribution in [3.05, 3.63) is 94.1 Å². The van der Waals surface area contributed by atoms with Crippen LogP contribution < -0.4 is 10.0 Å². The van der Waals surface area contributed by atoms with E-state index in [4.69, 9.17) is 0 Å². The molecule has 3 heterocycles. The summed E-state index contributed by atoms with van der Waals surface area (Å²) in [6.07, 6.45) is -4.66. The third-order valence-corrected chi connectivity index (χ3v) is 9.94. The lowest BCUT2D eigenvalue weighted by Crippen LogP contribution is -2.35. The summed E-state index contributed by atoms with van der Waals surface area (Å²) in [4.78, 5) is 18.5. The Balaban J connectivity index is 1.38. The van der Waals surface area contributed by atoms with Gasteiger partial charge in [-0.3, -0.25) is 18.9 Å². The van der Waals surface area contributed by atoms with Crippen LogP contribution in [-0.4, -0.2) is 55.8 Å². The first-order valence-electron chi connectivity index (χ1n) is 17.0. The number of amides is 1. The number of para-hydroxylation sites is 1. The van der Waals surface area contributed by atoms with Crippen molar-refractivity contribution in [1.29, 1.82) is 0 Å². The fourth-order valence-electron chi connectivity index (χ4n) is 7.21. The van der Waals surface area contributed by atoms with Crippen molar-refractivity contribution >= 4 is 32.7 Å². The number of alkyl halides is 5. The molecular weight excluding hydrogens is 772 g/mol. The highest BCUT2D eigenvalue weighted by molar-refractivity contribution is 7.92. The number of rotatable bonds is 9. The van der Waals surface area contributed by atoms with E-state index < -0.39 is 86.6 Å². The number of aromatic nitrogens is 5. The van der Waals surface area contributed by atoms with Crippen LogP contribution in [0.2, 0.25) is 0 Å². The number of pyridine rings is 1. The molecule has 2 aliphatic rings. The Kier molecular flexibility index (Phi) is 9.23. The summed E-state index contributed by atoms with van der Waals surface area (Å²) in [5, 5.41) is 21.0. The van der Waals surface area contributed by atoms with Crippen LogP contribution in [0.25, 0.3) is 22.0 Å². The number of aryl methyl sites for hydroxylation is 1. The van der Waals surface area contributed by atoms with Crippen molar-refractivity contribution in [2.75, 3.05) is 11.0 Å². The van der Waals surface area contributed by atoms with Gasteiger partial charge in [0.25, 0.3) is 5.92 Å². The van der Waals surface area contributed by atoms with E-state index in [1.807, 2.05) is 0 Å². The predicted molar refractivity (Wildman–Crippen MR) is 189 cm³/mol. The molecule has 5 aromatic rings. The molecule has 3 N–H and O–H groups in total. The van der Waals surface area contributed by atoms with Crippen LogP contribution in [0, 0.1) is 29.4 Å². The van der Waals surface area contributed by atoms with Crippen LogP contribution in [0.1, 0.15) is 66.1 Å². The quantitative estimate of drug-likeness (QED) is 0.124. The summed E-state index contributed by atoms with van der Waals surface area (Å²) < 4.78 is 130. The SMILES string of the molecule is Cn1nc(NS(C)(=O)=O)c2cccc(-c3ccc(C#CC(C)(C)O)nc3[C@H](Cc3cc(F)cc(F)c3)NC(=O)Cn3nc(C(F)(F)F)c4c3C(F)(F)C3C[C@H]43)c21. The fraction of sp³-hybridized carbons (Fsp3) is 0.351. The summed E-state index contributed by atoms with van der Waals surface area (Å²) >= 11 is 0. The van der Waals surface area contributed by atoms with Gasteiger partial charge in [0.1, 0.15) is 35.2 Å². The Morgan fingerprint density at radius 3 is 2.41 bits per heavy atom. The molecule has 1 saturated carbocycles. The van der Waals surface area contributed by atoms with Gasteiger partial charge >= 0.3 is 6.18 Å². The Labute approximate surface area is 315 Å². The lowest BCUT2D eigenvalue weighted by molar-refractivity contribution is -0.142. The molecule has 0 aliphatic heterocycles. The summed E-state index contributed by atoms with van der Waals surface area (Å²) in [6.45, 7) is 1.77. The van der Waals surface area contributed by atoms with E-state index >= 15 is 8.78 Å². The molecule has 294 valence electrons. The van der Waals surface area contributed by atoms with E-state index in [1.165, 1.54) is 24.6 Å². The first-order chi connectivity index (χ1) is 26.0. The van der Waals surface area contributed by atoms with Crippen molar-refractivity contribution in [3.63, 3.8) is 0 Å². The summed E-state index contributed by atoms with van der Waals surface area (Å²) in [5.41, 5.74) is -3.48. The van der Waals surface area contributed by atoms with Gasteiger partial charge in [-0.05, 0) is 74.4 Å². The van der Waals surface area contributed by atoms with Crippen LogP contribution >= 0.6 is 0 Å². The van der Waals surface area contributed by atoms with Crippen LogP contribution in [0.5, 0.6) is 0 Å². The first-order valence-corrected chi connectivity index (χ1v) is 18.9. The Hall–Kier alpha value is -5.48. The highest BCUT2D eigenvalue weighted by Gasteiger charge is 2.68. The normalized spacial score (nSPS) is 17.9. The molecule has 0 bridgehead atoms. The number of halogens is 7. The van der Waals surface area contributed by atoms with Crippen molar-refractivity contribution in [1.82, 2.24) is 29.9 Å². The highest BCUT2D eigenvalue weighted by Crippen LogP contribution is 2.68. The van der Waals surface area contributed by atoms with E-state index in [0.29, 0.717) is 27.2 Å². The molecule has 56 heavy (non-hydrogen) atoms. The molecule has 0 radical (unpaired) electrons. The number of aliphatic hydroxyl groups is 1. The minimum Gasteiger partial charge on any atom is -0.378 e. The van der Waals surface area contributed by atoms with Crippen LogP contribution in [0.15, 0.2) is 48.5 Å². The zero-order valence-electron chi connectivity index (χ0n) is 29.9. The number of benzene rings is 2. The van der Waals surface area contributed by atoms with Crippen LogP contribution in [-0.2, 0) is 46.9 Å². The molecular formula is C37H32F7N7O4S. The molecule has 3 aromatic heterocycles. The molecule has 11 nitrogen and oxygen atoms in total. The highest BCUT2D eigenvalue weighted by atomic mass is 32.2. The molecule has 19 heteroatoms. The van der Waals surface area contributed by atoms with Crippen LogP contribution in [0.3, 0.4) is 0 Å². The molecule has 1 fully saturated rings. The largest absolute Gasteiger partial charge is 0.435 e. The maximum atomic E-state index is 15.4. The standard InChI is InChI=1S/C37H32F7N7O4S/c1-35(2,53)11-10-21-8-9-22(23-6-5-7-24-31(23)50(3)48-34(24)49-56(4,54)55)30(45-21)27(14-18-12-19(38)15-20(39)13-18)46-28(52)17-51-33-29(32(47-51)37(42,43)44)25-16-26(25)36(33,40)41/h5-9,12-13,15,25-27,53H,14,16-17H2,1-4H3,(H,46,52)(H,48,49)/t25-,26?,27-/m0/s1. The van der Waals surface area contributed by atoms with Crippen molar-refractivity contribution in [2.45, 2.75) is 62.9 Å². The van der Waals surface area contributed by atoms with E-state index in [2.05, 4.69) is 37.1 Å². The average molecular weight is 804 g/mol. The Morgan fingerprint density at radius 1 is 1.07 bits per heavy atom. The van der Waals surface area contributed by atoms with E-state index in [-0.39, 0.29) is 41.2 Å². The maximum absolute atomic E-state index is 15.4. The Bertz CT molecular complexity index is 2580. The number of carbonyl (C=O) groups is 1. The number of hydrogen-bond acceptors (Lipinski definition) is 7. The van der Waals surface area contributed by atoms with E-state index in [1.54, 1.807) is 31.3 Å². The van der Waals surface area contributed by atoms with Gasteiger partial charge in [-0.15, -0.1) is 0 Å². The Morgan fingerprint density at radius 2 is 1.77 bits per heavy atom. The third kappa shape index (κ3) is 7.54. The number of hydrogen-bond donors (Lipinski definition) is 3. The third-order valence-electron chi connectivity index (χ3n) is 9.38. The minimum atomic E-state index is -5.07. The summed E-state index contributed by atoms with van der Waals surface area (Å²) in [5.74, 6) is -3.72. The number of nitrogens with one attached hydrogen (secondary N) is 2. The fourth-order valence-corrected chi connectivity index (χ4v) is 7.71.